The lowest BCUT2D eigenvalue weighted by molar-refractivity contribution is -0.144. The molecule has 1 aliphatic heterocycles. The maximum atomic E-state index is 12.7. The molecule has 0 N–H and O–H groups in total. The molecular formula is C11H8FNO3. The van der Waals surface area contributed by atoms with Crippen LogP contribution in [0.1, 0.15) is 11.7 Å². The Bertz CT molecular complexity index is 465. The Morgan fingerprint density at radius 2 is 2.19 bits per heavy atom. The minimum Gasteiger partial charge on any atom is -0.466 e. The first-order chi connectivity index (χ1) is 7.64. The van der Waals surface area contributed by atoms with Crippen LogP contribution in [-0.2, 0) is 14.3 Å². The highest BCUT2D eigenvalue weighted by atomic mass is 19.1. The van der Waals surface area contributed by atoms with E-state index >= 15 is 0 Å². The Hall–Kier alpha value is -1.93. The van der Waals surface area contributed by atoms with Gasteiger partial charge in [0, 0.05) is 0 Å². The van der Waals surface area contributed by atoms with E-state index in [1.54, 1.807) is 6.07 Å². The summed E-state index contributed by atoms with van der Waals surface area (Å²) >= 11 is 0. The topological polar surface area (TPSA) is 62.6 Å². The summed E-state index contributed by atoms with van der Waals surface area (Å²) < 4.78 is 22.2. The van der Waals surface area contributed by atoms with Crippen LogP contribution in [0.3, 0.4) is 0 Å². The van der Waals surface area contributed by atoms with Crippen molar-refractivity contribution in [3.8, 4) is 6.07 Å². The number of epoxide rings is 1. The van der Waals surface area contributed by atoms with Gasteiger partial charge in [-0.05, 0) is 17.7 Å². The molecule has 2 atom stereocenters. The number of carbonyl (C=O) groups is 1. The van der Waals surface area contributed by atoms with Crippen LogP contribution in [0.25, 0.3) is 0 Å². The van der Waals surface area contributed by atoms with Crippen molar-refractivity contribution in [2.24, 2.45) is 0 Å². The van der Waals surface area contributed by atoms with E-state index in [9.17, 15) is 9.18 Å². The van der Waals surface area contributed by atoms with Crippen LogP contribution >= 0.6 is 0 Å². The lowest BCUT2D eigenvalue weighted by atomic mass is 10.0. The fourth-order valence-electron chi connectivity index (χ4n) is 1.53. The Balaban J connectivity index is 2.25. The van der Waals surface area contributed by atoms with Gasteiger partial charge >= 0.3 is 5.97 Å². The number of halogens is 1. The number of ether oxygens (including phenoxy) is 2. The Morgan fingerprint density at radius 3 is 2.69 bits per heavy atom. The largest absolute Gasteiger partial charge is 0.466 e. The molecule has 5 heteroatoms. The van der Waals surface area contributed by atoms with Crippen molar-refractivity contribution in [2.75, 3.05) is 7.11 Å². The summed E-state index contributed by atoms with van der Waals surface area (Å²) in [4.78, 5) is 11.3. The van der Waals surface area contributed by atoms with Gasteiger partial charge in [-0.25, -0.2) is 9.18 Å². The molecule has 0 aliphatic carbocycles. The monoisotopic (exact) mass is 221 g/mol. The molecule has 1 aromatic carbocycles. The van der Waals surface area contributed by atoms with Crippen LogP contribution in [0.15, 0.2) is 24.3 Å². The van der Waals surface area contributed by atoms with E-state index in [-0.39, 0.29) is 5.82 Å². The summed E-state index contributed by atoms with van der Waals surface area (Å²) in [7, 11) is 1.19. The number of hydrogen-bond donors (Lipinski definition) is 0. The highest BCUT2D eigenvalue weighted by Gasteiger charge is 2.65. The van der Waals surface area contributed by atoms with E-state index < -0.39 is 17.7 Å². The number of carbonyl (C=O) groups excluding carboxylic acids is 1. The maximum Gasteiger partial charge on any atom is 0.356 e. The summed E-state index contributed by atoms with van der Waals surface area (Å²) in [6, 6.07) is 7.22. The van der Waals surface area contributed by atoms with Crippen LogP contribution < -0.4 is 0 Å². The molecule has 0 unspecified atom stereocenters. The number of nitriles is 1. The van der Waals surface area contributed by atoms with Gasteiger partial charge in [-0.3, -0.25) is 0 Å². The third-order valence-corrected chi connectivity index (χ3v) is 2.44. The van der Waals surface area contributed by atoms with Gasteiger partial charge in [-0.1, -0.05) is 12.1 Å². The maximum absolute atomic E-state index is 12.7. The molecule has 0 saturated carbocycles. The van der Waals surface area contributed by atoms with E-state index in [1.165, 1.54) is 31.4 Å². The van der Waals surface area contributed by atoms with Crippen molar-refractivity contribution in [2.45, 2.75) is 11.7 Å². The molecule has 1 saturated heterocycles. The second-order valence-corrected chi connectivity index (χ2v) is 3.39. The molecular weight excluding hydrogens is 213 g/mol. The average molecular weight is 221 g/mol. The second-order valence-electron chi connectivity index (χ2n) is 3.39. The number of esters is 1. The molecule has 1 aliphatic rings. The predicted octanol–water partition coefficient (Wildman–Crippen LogP) is 1.33. The zero-order chi connectivity index (χ0) is 11.8. The van der Waals surface area contributed by atoms with Crippen LogP contribution in [-0.4, -0.2) is 18.7 Å². The van der Waals surface area contributed by atoms with Gasteiger partial charge < -0.3 is 9.47 Å². The fourth-order valence-corrected chi connectivity index (χ4v) is 1.53. The van der Waals surface area contributed by atoms with Gasteiger partial charge in [-0.15, -0.1) is 0 Å². The van der Waals surface area contributed by atoms with Crippen molar-refractivity contribution in [3.63, 3.8) is 0 Å². The van der Waals surface area contributed by atoms with E-state index in [0.717, 1.165) is 0 Å². The highest BCUT2D eigenvalue weighted by Crippen LogP contribution is 2.49. The fraction of sp³-hybridized carbons (Fsp3) is 0.273. The molecule has 1 aromatic rings. The molecule has 1 fully saturated rings. The zero-order valence-electron chi connectivity index (χ0n) is 8.44. The van der Waals surface area contributed by atoms with Gasteiger partial charge in [0.15, 0.2) is 0 Å². The SMILES string of the molecule is COC(=O)[C@@]1(C#N)O[C@@H]1c1ccc(F)cc1. The van der Waals surface area contributed by atoms with Gasteiger partial charge in [0.1, 0.15) is 18.0 Å². The summed E-state index contributed by atoms with van der Waals surface area (Å²) in [5.74, 6) is -1.12. The number of rotatable bonds is 2. The van der Waals surface area contributed by atoms with Crippen LogP contribution in [0.5, 0.6) is 0 Å². The Kier molecular flexibility index (Phi) is 2.37. The third kappa shape index (κ3) is 1.44. The lowest BCUT2D eigenvalue weighted by Crippen LogP contribution is -2.24. The molecule has 2 rings (SSSR count). The standard InChI is InChI=1S/C11H8FNO3/c1-15-10(14)11(6-13)9(16-11)7-2-4-8(12)5-3-7/h2-5,9H,1H3/t9-,11+/m1/s1. The molecule has 0 bridgehead atoms. The zero-order valence-corrected chi connectivity index (χ0v) is 8.44. The molecule has 82 valence electrons. The first-order valence-corrected chi connectivity index (χ1v) is 4.57. The van der Waals surface area contributed by atoms with E-state index in [4.69, 9.17) is 10.00 Å². The smallest absolute Gasteiger partial charge is 0.356 e. The Morgan fingerprint density at radius 1 is 1.56 bits per heavy atom. The average Bonchev–Trinajstić information content (AvgIpc) is 3.05. The summed E-state index contributed by atoms with van der Waals surface area (Å²) in [5.41, 5.74) is -0.986. The summed E-state index contributed by atoms with van der Waals surface area (Å²) in [5, 5.41) is 8.89. The van der Waals surface area contributed by atoms with Crippen molar-refractivity contribution in [1.82, 2.24) is 0 Å². The van der Waals surface area contributed by atoms with Gasteiger partial charge in [0.25, 0.3) is 5.60 Å². The van der Waals surface area contributed by atoms with Crippen molar-refractivity contribution in [1.29, 1.82) is 5.26 Å². The van der Waals surface area contributed by atoms with Crippen LogP contribution in [0.4, 0.5) is 4.39 Å². The molecule has 4 nitrogen and oxygen atoms in total. The van der Waals surface area contributed by atoms with Crippen molar-refractivity contribution in [3.05, 3.63) is 35.6 Å². The van der Waals surface area contributed by atoms with E-state index in [1.807, 2.05) is 0 Å². The van der Waals surface area contributed by atoms with Crippen molar-refractivity contribution < 1.29 is 18.7 Å². The summed E-state index contributed by atoms with van der Waals surface area (Å²) in [6.07, 6.45) is -0.675. The molecule has 16 heavy (non-hydrogen) atoms. The van der Waals surface area contributed by atoms with Gasteiger partial charge in [-0.2, -0.15) is 5.26 Å². The number of benzene rings is 1. The number of methoxy groups -OCH3 is 1. The first-order valence-electron chi connectivity index (χ1n) is 4.57. The number of hydrogen-bond acceptors (Lipinski definition) is 4. The van der Waals surface area contributed by atoms with Crippen molar-refractivity contribution >= 4 is 5.97 Å². The quantitative estimate of drug-likeness (QED) is 0.558. The minimum atomic E-state index is -1.56. The highest BCUT2D eigenvalue weighted by molar-refractivity contribution is 5.87. The van der Waals surface area contributed by atoms with Gasteiger partial charge in [0.05, 0.1) is 7.11 Å². The Labute approximate surface area is 91.2 Å². The molecule has 0 radical (unpaired) electrons. The van der Waals surface area contributed by atoms with Gasteiger partial charge in [0.2, 0.25) is 0 Å². The summed E-state index contributed by atoms with van der Waals surface area (Å²) in [6.45, 7) is 0. The van der Waals surface area contributed by atoms with Crippen LogP contribution in [0, 0.1) is 17.1 Å². The number of nitrogens with zero attached hydrogens (tertiary/aromatic N) is 1. The van der Waals surface area contributed by atoms with E-state index in [0.29, 0.717) is 5.56 Å². The van der Waals surface area contributed by atoms with Crippen LogP contribution in [0.2, 0.25) is 0 Å². The molecule has 0 spiro atoms. The minimum absolute atomic E-state index is 0.384. The predicted molar refractivity (Wildman–Crippen MR) is 50.6 cm³/mol. The lowest BCUT2D eigenvalue weighted by Gasteiger charge is -2.00. The molecule has 0 aromatic heterocycles. The normalized spacial score (nSPS) is 26.9. The first kappa shape index (κ1) is 10.6. The second kappa shape index (κ2) is 3.58. The third-order valence-electron chi connectivity index (χ3n) is 2.44. The molecule has 0 amide bonds. The molecule has 1 heterocycles. The van der Waals surface area contributed by atoms with E-state index in [2.05, 4.69) is 4.74 Å².